The summed E-state index contributed by atoms with van der Waals surface area (Å²) in [5, 5.41) is 0. The molecule has 0 aliphatic rings. The van der Waals surface area contributed by atoms with E-state index in [-0.39, 0.29) is 11.9 Å². The molecule has 2 rings (SSSR count). The Balaban J connectivity index is 2.44. The first-order valence-electron chi connectivity index (χ1n) is 6.06. The molecule has 0 aliphatic heterocycles. The van der Waals surface area contributed by atoms with Gasteiger partial charge in [-0.3, -0.25) is 4.98 Å². The van der Waals surface area contributed by atoms with E-state index < -0.39 is 0 Å². The number of ether oxygens (including phenoxy) is 1. The molecule has 6 heteroatoms. The average molecular weight is 277 g/mol. The topological polar surface area (TPSA) is 65.0 Å². The predicted molar refractivity (Wildman–Crippen MR) is 73.2 cm³/mol. The zero-order chi connectivity index (χ0) is 13.8. The fourth-order valence-electron chi connectivity index (χ4n) is 1.65. The van der Waals surface area contributed by atoms with Crippen LogP contribution in [0.3, 0.4) is 0 Å². The number of hydrogen-bond acceptors (Lipinski definition) is 6. The molecule has 0 N–H and O–H groups in total. The lowest BCUT2D eigenvalue weighted by Gasteiger charge is -2.11. The van der Waals surface area contributed by atoms with Gasteiger partial charge in [-0.05, 0) is 12.8 Å². The van der Waals surface area contributed by atoms with Crippen LogP contribution in [0, 0.1) is 0 Å². The van der Waals surface area contributed by atoms with Crippen LogP contribution in [0.25, 0.3) is 10.7 Å². The molecular weight excluding hydrogens is 262 g/mol. The van der Waals surface area contributed by atoms with Gasteiger partial charge in [0.2, 0.25) is 0 Å². The molecule has 5 nitrogen and oxygen atoms in total. The quantitative estimate of drug-likeness (QED) is 0.804. The van der Waals surface area contributed by atoms with Crippen LogP contribution in [-0.4, -0.2) is 27.5 Å². The summed E-state index contributed by atoms with van der Waals surface area (Å²) in [7, 11) is 0. The van der Waals surface area contributed by atoms with Crippen molar-refractivity contribution < 1.29 is 9.53 Å². The number of thiazole rings is 1. The molecule has 0 spiro atoms. The van der Waals surface area contributed by atoms with Gasteiger partial charge in [0.15, 0.2) is 5.82 Å². The second-order valence-corrected chi connectivity index (χ2v) is 5.12. The molecule has 0 aromatic carbocycles. The standard InChI is InChI=1S/C13H15N3O2S/c1-4-18-13(17)9-5-15-12(10-6-14-7-19-10)16-11(9)8(2)3/h5-8H,4H2,1-3H3. The van der Waals surface area contributed by atoms with Gasteiger partial charge < -0.3 is 4.74 Å². The zero-order valence-corrected chi connectivity index (χ0v) is 11.9. The number of hydrogen-bond donors (Lipinski definition) is 0. The van der Waals surface area contributed by atoms with E-state index in [9.17, 15) is 4.79 Å². The molecule has 0 amide bonds. The summed E-state index contributed by atoms with van der Waals surface area (Å²) >= 11 is 1.47. The number of carbonyl (C=O) groups is 1. The maximum absolute atomic E-state index is 11.9. The highest BCUT2D eigenvalue weighted by atomic mass is 32.1. The van der Waals surface area contributed by atoms with Gasteiger partial charge in [-0.15, -0.1) is 11.3 Å². The van der Waals surface area contributed by atoms with Crippen molar-refractivity contribution in [3.05, 3.63) is 29.2 Å². The third-order valence-electron chi connectivity index (χ3n) is 2.51. The Morgan fingerprint density at radius 3 is 2.79 bits per heavy atom. The number of nitrogens with zero attached hydrogens (tertiary/aromatic N) is 3. The molecule has 0 unspecified atom stereocenters. The third kappa shape index (κ3) is 2.96. The summed E-state index contributed by atoms with van der Waals surface area (Å²) < 4.78 is 5.02. The van der Waals surface area contributed by atoms with Crippen molar-refractivity contribution in [3.63, 3.8) is 0 Å². The summed E-state index contributed by atoms with van der Waals surface area (Å²) in [4.78, 5) is 25.5. The Morgan fingerprint density at radius 2 is 2.21 bits per heavy atom. The number of esters is 1. The highest BCUT2D eigenvalue weighted by Gasteiger charge is 2.18. The lowest BCUT2D eigenvalue weighted by molar-refractivity contribution is 0.0523. The van der Waals surface area contributed by atoms with Crippen LogP contribution in [0.15, 0.2) is 17.9 Å². The molecular formula is C13H15N3O2S. The van der Waals surface area contributed by atoms with Crippen LogP contribution in [0.5, 0.6) is 0 Å². The first-order valence-corrected chi connectivity index (χ1v) is 6.94. The molecule has 2 heterocycles. The minimum atomic E-state index is -0.373. The molecule has 2 aromatic heterocycles. The minimum absolute atomic E-state index is 0.120. The van der Waals surface area contributed by atoms with Crippen molar-refractivity contribution in [2.45, 2.75) is 26.7 Å². The van der Waals surface area contributed by atoms with Crippen molar-refractivity contribution in [1.82, 2.24) is 15.0 Å². The molecule has 0 saturated heterocycles. The lowest BCUT2D eigenvalue weighted by Crippen LogP contribution is -2.12. The smallest absolute Gasteiger partial charge is 0.341 e. The Morgan fingerprint density at radius 1 is 1.42 bits per heavy atom. The maximum Gasteiger partial charge on any atom is 0.341 e. The zero-order valence-electron chi connectivity index (χ0n) is 11.1. The molecule has 0 atom stereocenters. The van der Waals surface area contributed by atoms with Crippen molar-refractivity contribution in [2.24, 2.45) is 0 Å². The summed E-state index contributed by atoms with van der Waals surface area (Å²) in [6.07, 6.45) is 3.25. The van der Waals surface area contributed by atoms with Crippen molar-refractivity contribution in [2.75, 3.05) is 6.61 Å². The molecule has 0 fully saturated rings. The number of aromatic nitrogens is 3. The van der Waals surface area contributed by atoms with E-state index in [2.05, 4.69) is 15.0 Å². The van der Waals surface area contributed by atoms with Gasteiger partial charge in [0.25, 0.3) is 0 Å². The van der Waals surface area contributed by atoms with E-state index in [0.29, 0.717) is 23.7 Å². The van der Waals surface area contributed by atoms with Crippen LogP contribution in [-0.2, 0) is 4.74 Å². The van der Waals surface area contributed by atoms with Crippen molar-refractivity contribution in [3.8, 4) is 10.7 Å². The van der Waals surface area contributed by atoms with Crippen LogP contribution in [0.1, 0.15) is 42.7 Å². The Kier molecular flexibility index (Phi) is 4.21. The van der Waals surface area contributed by atoms with E-state index in [1.54, 1.807) is 18.6 Å². The maximum atomic E-state index is 11.9. The van der Waals surface area contributed by atoms with Gasteiger partial charge in [-0.1, -0.05) is 13.8 Å². The van der Waals surface area contributed by atoms with Gasteiger partial charge in [-0.2, -0.15) is 0 Å². The minimum Gasteiger partial charge on any atom is -0.462 e. The highest BCUT2D eigenvalue weighted by Crippen LogP contribution is 2.24. The molecule has 0 saturated carbocycles. The molecule has 2 aromatic rings. The third-order valence-corrected chi connectivity index (χ3v) is 3.28. The van der Waals surface area contributed by atoms with Gasteiger partial charge in [0.05, 0.1) is 28.3 Å². The second kappa shape index (κ2) is 5.88. The van der Waals surface area contributed by atoms with E-state index in [0.717, 1.165) is 4.88 Å². The first kappa shape index (κ1) is 13.6. The first-order chi connectivity index (χ1) is 9.13. The molecule has 0 aliphatic carbocycles. The number of rotatable bonds is 4. The second-order valence-electron chi connectivity index (χ2n) is 4.23. The average Bonchev–Trinajstić information content (AvgIpc) is 2.92. The van der Waals surface area contributed by atoms with E-state index >= 15 is 0 Å². The molecule has 19 heavy (non-hydrogen) atoms. The van der Waals surface area contributed by atoms with E-state index in [1.165, 1.54) is 17.5 Å². The van der Waals surface area contributed by atoms with Gasteiger partial charge in [0.1, 0.15) is 0 Å². The summed E-state index contributed by atoms with van der Waals surface area (Å²) in [6.45, 7) is 6.09. The largest absolute Gasteiger partial charge is 0.462 e. The predicted octanol–water partition coefficient (Wildman–Crippen LogP) is 2.90. The van der Waals surface area contributed by atoms with Crippen LogP contribution < -0.4 is 0 Å². The molecule has 0 bridgehead atoms. The SMILES string of the molecule is CCOC(=O)c1cnc(-c2cncs2)nc1C(C)C. The fourth-order valence-corrected chi connectivity index (χ4v) is 2.21. The monoisotopic (exact) mass is 277 g/mol. The fraction of sp³-hybridized carbons (Fsp3) is 0.385. The summed E-state index contributed by atoms with van der Waals surface area (Å²) in [5.74, 6) is 0.343. The van der Waals surface area contributed by atoms with E-state index in [1.807, 2.05) is 13.8 Å². The Bertz CT molecular complexity index is 567. The Labute approximate surface area is 115 Å². The lowest BCUT2D eigenvalue weighted by atomic mass is 10.1. The van der Waals surface area contributed by atoms with Crippen LogP contribution in [0.2, 0.25) is 0 Å². The summed E-state index contributed by atoms with van der Waals surface area (Å²) in [6, 6.07) is 0. The van der Waals surface area contributed by atoms with Gasteiger partial charge in [0, 0.05) is 12.4 Å². The van der Waals surface area contributed by atoms with Gasteiger partial charge >= 0.3 is 5.97 Å². The van der Waals surface area contributed by atoms with Crippen LogP contribution in [0.4, 0.5) is 0 Å². The van der Waals surface area contributed by atoms with Crippen molar-refractivity contribution in [1.29, 1.82) is 0 Å². The number of carbonyl (C=O) groups excluding carboxylic acids is 1. The normalized spacial score (nSPS) is 10.7. The van der Waals surface area contributed by atoms with Crippen LogP contribution >= 0.6 is 11.3 Å². The molecule has 0 radical (unpaired) electrons. The van der Waals surface area contributed by atoms with E-state index in [4.69, 9.17) is 4.74 Å². The van der Waals surface area contributed by atoms with Gasteiger partial charge in [-0.25, -0.2) is 14.8 Å². The van der Waals surface area contributed by atoms with Crippen molar-refractivity contribution >= 4 is 17.3 Å². The highest BCUT2D eigenvalue weighted by molar-refractivity contribution is 7.13. The summed E-state index contributed by atoms with van der Waals surface area (Å²) in [5.41, 5.74) is 2.87. The molecule has 100 valence electrons. The Hall–Kier alpha value is -1.82.